The van der Waals surface area contributed by atoms with Crippen molar-refractivity contribution < 1.29 is 9.59 Å². The molecule has 1 aromatic rings. The van der Waals surface area contributed by atoms with Gasteiger partial charge in [-0.1, -0.05) is 31.4 Å². The Labute approximate surface area is 138 Å². The van der Waals surface area contributed by atoms with Crippen LogP contribution in [0.15, 0.2) is 18.2 Å². The summed E-state index contributed by atoms with van der Waals surface area (Å²) in [4.78, 5) is 26.7. The summed E-state index contributed by atoms with van der Waals surface area (Å²) >= 11 is 0. The van der Waals surface area contributed by atoms with Gasteiger partial charge in [0.2, 0.25) is 11.8 Å². The first-order chi connectivity index (χ1) is 11.1. The topological polar surface area (TPSA) is 49.4 Å². The second-order valence-electron chi connectivity index (χ2n) is 6.97. The monoisotopic (exact) mass is 314 g/mol. The van der Waals surface area contributed by atoms with E-state index in [9.17, 15) is 9.59 Å². The van der Waals surface area contributed by atoms with Crippen molar-refractivity contribution in [2.75, 3.05) is 11.4 Å². The normalized spacial score (nSPS) is 22.4. The van der Waals surface area contributed by atoms with Crippen LogP contribution in [-0.4, -0.2) is 24.4 Å². The van der Waals surface area contributed by atoms with E-state index in [1.165, 1.54) is 24.8 Å². The smallest absolute Gasteiger partial charge is 0.227 e. The van der Waals surface area contributed by atoms with Crippen LogP contribution >= 0.6 is 0 Å². The molecule has 0 unspecified atom stereocenters. The lowest BCUT2D eigenvalue weighted by molar-refractivity contribution is -0.127. The van der Waals surface area contributed by atoms with E-state index in [4.69, 9.17) is 0 Å². The predicted octanol–water partition coefficient (Wildman–Crippen LogP) is 3.11. The van der Waals surface area contributed by atoms with Crippen LogP contribution in [0.4, 0.5) is 5.69 Å². The van der Waals surface area contributed by atoms with Crippen molar-refractivity contribution in [3.05, 3.63) is 29.3 Å². The molecule has 4 heteroatoms. The van der Waals surface area contributed by atoms with Gasteiger partial charge in [0, 0.05) is 24.7 Å². The highest BCUT2D eigenvalue weighted by Crippen LogP contribution is 2.29. The van der Waals surface area contributed by atoms with E-state index in [-0.39, 0.29) is 17.7 Å². The zero-order valence-corrected chi connectivity index (χ0v) is 14.1. The highest BCUT2D eigenvalue weighted by atomic mass is 16.2. The van der Waals surface area contributed by atoms with Crippen LogP contribution in [0.5, 0.6) is 0 Å². The lowest BCUT2D eigenvalue weighted by Crippen LogP contribution is -2.40. The van der Waals surface area contributed by atoms with Gasteiger partial charge < -0.3 is 10.2 Å². The third kappa shape index (κ3) is 3.41. The van der Waals surface area contributed by atoms with Crippen molar-refractivity contribution >= 4 is 17.5 Å². The second kappa shape index (κ2) is 6.73. The number of nitrogens with zero attached hydrogens (tertiary/aromatic N) is 1. The molecular formula is C19H26N2O2. The minimum absolute atomic E-state index is 0.0538. The van der Waals surface area contributed by atoms with Gasteiger partial charge in [0.15, 0.2) is 0 Å². The third-order valence-corrected chi connectivity index (χ3v) is 5.31. The zero-order chi connectivity index (χ0) is 16.4. The largest absolute Gasteiger partial charge is 0.353 e. The van der Waals surface area contributed by atoms with Crippen LogP contribution in [-0.2, 0) is 9.59 Å². The summed E-state index contributed by atoms with van der Waals surface area (Å²) in [5.41, 5.74) is 3.24. The van der Waals surface area contributed by atoms with Crippen LogP contribution in [0.1, 0.15) is 49.7 Å². The van der Waals surface area contributed by atoms with Gasteiger partial charge in [0.25, 0.3) is 0 Å². The lowest BCUT2D eigenvalue weighted by atomic mass is 9.95. The van der Waals surface area contributed by atoms with E-state index in [0.29, 0.717) is 19.0 Å². The van der Waals surface area contributed by atoms with Gasteiger partial charge in [0.1, 0.15) is 0 Å². The number of aryl methyl sites for hydroxylation is 1. The highest BCUT2D eigenvalue weighted by Gasteiger charge is 2.36. The molecule has 0 spiro atoms. The summed E-state index contributed by atoms with van der Waals surface area (Å²) in [6, 6.07) is 6.30. The van der Waals surface area contributed by atoms with Crippen molar-refractivity contribution in [2.45, 2.75) is 58.4 Å². The number of carbonyl (C=O) groups is 2. The molecule has 2 amide bonds. The number of rotatable bonds is 3. The Morgan fingerprint density at radius 1 is 1.17 bits per heavy atom. The van der Waals surface area contributed by atoms with Crippen molar-refractivity contribution in [2.24, 2.45) is 5.92 Å². The maximum atomic E-state index is 12.5. The molecule has 124 valence electrons. The Hall–Kier alpha value is -1.84. The molecule has 1 atom stereocenters. The van der Waals surface area contributed by atoms with E-state index in [1.807, 2.05) is 32.0 Å². The number of amides is 2. The molecular weight excluding hydrogens is 288 g/mol. The molecule has 2 aliphatic rings. The van der Waals surface area contributed by atoms with Crippen LogP contribution < -0.4 is 10.2 Å². The van der Waals surface area contributed by atoms with Crippen molar-refractivity contribution in [1.82, 2.24) is 5.32 Å². The van der Waals surface area contributed by atoms with E-state index < -0.39 is 0 Å². The first kappa shape index (κ1) is 16.0. The SMILES string of the molecule is Cc1cccc(N2C[C@@H](C(=O)NC3CCCCC3)CC2=O)c1C. The predicted molar refractivity (Wildman–Crippen MR) is 91.4 cm³/mol. The number of hydrogen-bond donors (Lipinski definition) is 1. The summed E-state index contributed by atoms with van der Waals surface area (Å²) < 4.78 is 0. The first-order valence-electron chi connectivity index (χ1n) is 8.73. The minimum Gasteiger partial charge on any atom is -0.353 e. The van der Waals surface area contributed by atoms with E-state index in [2.05, 4.69) is 5.32 Å². The standard InChI is InChI=1S/C19H26N2O2/c1-13-7-6-10-17(14(13)2)21-12-15(11-18(21)22)19(23)20-16-8-4-3-5-9-16/h6-7,10,15-16H,3-5,8-9,11-12H2,1-2H3,(H,20,23)/t15-/m0/s1. The molecule has 1 saturated heterocycles. The Morgan fingerprint density at radius 3 is 2.65 bits per heavy atom. The molecule has 0 aromatic heterocycles. The molecule has 1 saturated carbocycles. The highest BCUT2D eigenvalue weighted by molar-refractivity contribution is 6.00. The molecule has 2 fully saturated rings. The van der Waals surface area contributed by atoms with Gasteiger partial charge in [-0.05, 0) is 43.9 Å². The van der Waals surface area contributed by atoms with Crippen LogP contribution in [0.2, 0.25) is 0 Å². The quantitative estimate of drug-likeness (QED) is 0.932. The summed E-state index contributed by atoms with van der Waals surface area (Å²) in [5.74, 6) is -0.107. The van der Waals surface area contributed by atoms with Gasteiger partial charge in [-0.2, -0.15) is 0 Å². The molecule has 1 aromatic carbocycles. The maximum absolute atomic E-state index is 12.5. The molecule has 0 radical (unpaired) electrons. The number of anilines is 1. The summed E-state index contributed by atoms with van der Waals surface area (Å²) in [6.45, 7) is 4.59. The fourth-order valence-electron chi connectivity index (χ4n) is 3.71. The van der Waals surface area contributed by atoms with Crippen molar-refractivity contribution in [3.8, 4) is 0 Å². The van der Waals surface area contributed by atoms with E-state index in [0.717, 1.165) is 24.1 Å². The van der Waals surface area contributed by atoms with Crippen LogP contribution in [0, 0.1) is 19.8 Å². The zero-order valence-electron chi connectivity index (χ0n) is 14.1. The number of nitrogens with one attached hydrogen (secondary N) is 1. The Bertz CT molecular complexity index is 605. The Kier molecular flexibility index (Phi) is 4.69. The van der Waals surface area contributed by atoms with Gasteiger partial charge in [-0.3, -0.25) is 9.59 Å². The molecule has 1 heterocycles. The molecule has 1 aliphatic heterocycles. The fourth-order valence-corrected chi connectivity index (χ4v) is 3.71. The second-order valence-corrected chi connectivity index (χ2v) is 6.97. The average Bonchev–Trinajstić information content (AvgIpc) is 2.93. The van der Waals surface area contributed by atoms with E-state index in [1.54, 1.807) is 4.90 Å². The van der Waals surface area contributed by atoms with Crippen LogP contribution in [0.3, 0.4) is 0 Å². The van der Waals surface area contributed by atoms with Gasteiger partial charge in [0.05, 0.1) is 5.92 Å². The number of carbonyl (C=O) groups excluding carboxylic acids is 2. The molecule has 4 nitrogen and oxygen atoms in total. The molecule has 0 bridgehead atoms. The summed E-state index contributed by atoms with van der Waals surface area (Å²) in [5, 5.41) is 3.16. The molecule has 1 N–H and O–H groups in total. The Morgan fingerprint density at radius 2 is 1.91 bits per heavy atom. The number of benzene rings is 1. The first-order valence-corrected chi connectivity index (χ1v) is 8.73. The summed E-state index contributed by atoms with van der Waals surface area (Å²) in [6.07, 6.45) is 6.15. The molecule has 1 aliphatic carbocycles. The number of hydrogen-bond acceptors (Lipinski definition) is 2. The van der Waals surface area contributed by atoms with Crippen molar-refractivity contribution in [3.63, 3.8) is 0 Å². The Balaban J connectivity index is 1.67. The molecule has 23 heavy (non-hydrogen) atoms. The average molecular weight is 314 g/mol. The van der Waals surface area contributed by atoms with Gasteiger partial charge >= 0.3 is 0 Å². The van der Waals surface area contributed by atoms with E-state index >= 15 is 0 Å². The van der Waals surface area contributed by atoms with Crippen molar-refractivity contribution in [1.29, 1.82) is 0 Å². The maximum Gasteiger partial charge on any atom is 0.227 e. The molecule has 3 rings (SSSR count). The lowest BCUT2D eigenvalue weighted by Gasteiger charge is -2.24. The third-order valence-electron chi connectivity index (χ3n) is 5.31. The summed E-state index contributed by atoms with van der Waals surface area (Å²) in [7, 11) is 0. The fraction of sp³-hybridized carbons (Fsp3) is 0.579. The van der Waals surface area contributed by atoms with Gasteiger partial charge in [-0.25, -0.2) is 0 Å². The van der Waals surface area contributed by atoms with Gasteiger partial charge in [-0.15, -0.1) is 0 Å². The van der Waals surface area contributed by atoms with Crippen LogP contribution in [0.25, 0.3) is 0 Å². The minimum atomic E-state index is -0.218.